The summed E-state index contributed by atoms with van der Waals surface area (Å²) in [5.74, 6) is 0.748. The highest BCUT2D eigenvalue weighted by Gasteiger charge is 2.22. The Morgan fingerprint density at radius 2 is 1.85 bits per heavy atom. The molecule has 0 atom stereocenters. The van der Waals surface area contributed by atoms with Gasteiger partial charge in [0.05, 0.1) is 10.0 Å². The van der Waals surface area contributed by atoms with Gasteiger partial charge in [0, 0.05) is 37.8 Å². The minimum absolute atomic E-state index is 0. The lowest BCUT2D eigenvalue weighted by molar-refractivity contribution is -0.128. The summed E-state index contributed by atoms with van der Waals surface area (Å²) < 4.78 is 5.74. The molecule has 3 rings (SSSR count). The molecule has 2 aromatic rings. The third kappa shape index (κ3) is 5.06. The molecular formula is C19H18Cl3N3O2. The third-order valence-corrected chi connectivity index (χ3v) is 5.00. The second-order valence-corrected chi connectivity index (χ2v) is 6.91. The molecule has 0 radical (unpaired) electrons. The number of likely N-dealkylation sites (N-methyl/N-ethyl adjacent to an activating group) is 1. The van der Waals surface area contributed by atoms with Crippen LogP contribution in [0.1, 0.15) is 5.76 Å². The first-order valence-electron chi connectivity index (χ1n) is 8.13. The molecular weight excluding hydrogens is 409 g/mol. The van der Waals surface area contributed by atoms with E-state index in [9.17, 15) is 10.1 Å². The summed E-state index contributed by atoms with van der Waals surface area (Å²) in [5.41, 5.74) is 0.826. The second-order valence-electron chi connectivity index (χ2n) is 6.10. The number of furan rings is 1. The number of nitriles is 1. The van der Waals surface area contributed by atoms with Crippen LogP contribution in [0.3, 0.4) is 0 Å². The van der Waals surface area contributed by atoms with Crippen LogP contribution in [-0.2, 0) is 4.79 Å². The van der Waals surface area contributed by atoms with E-state index >= 15 is 0 Å². The van der Waals surface area contributed by atoms with Gasteiger partial charge in [-0.2, -0.15) is 5.26 Å². The fourth-order valence-corrected chi connectivity index (χ4v) is 3.00. The maximum atomic E-state index is 12.5. The maximum Gasteiger partial charge on any atom is 0.264 e. The van der Waals surface area contributed by atoms with E-state index in [1.807, 2.05) is 13.1 Å². The molecule has 0 unspecified atom stereocenters. The van der Waals surface area contributed by atoms with Crippen LogP contribution in [0.5, 0.6) is 0 Å². The molecule has 1 fully saturated rings. The Morgan fingerprint density at radius 1 is 1.15 bits per heavy atom. The van der Waals surface area contributed by atoms with E-state index in [1.54, 1.807) is 35.2 Å². The van der Waals surface area contributed by atoms with Gasteiger partial charge < -0.3 is 14.2 Å². The van der Waals surface area contributed by atoms with Crippen LogP contribution in [0, 0.1) is 11.3 Å². The molecule has 8 heteroatoms. The van der Waals surface area contributed by atoms with Gasteiger partial charge in [0.2, 0.25) is 0 Å². The predicted octanol–water partition coefficient (Wildman–Crippen LogP) is 4.36. The fraction of sp³-hybridized carbons (Fsp3) is 0.263. The Bertz CT molecular complexity index is 894. The number of nitrogens with zero attached hydrogens (tertiary/aromatic N) is 3. The molecule has 1 aromatic carbocycles. The lowest BCUT2D eigenvalue weighted by Gasteiger charge is -2.32. The van der Waals surface area contributed by atoms with E-state index in [4.69, 9.17) is 27.6 Å². The minimum Gasteiger partial charge on any atom is -0.457 e. The summed E-state index contributed by atoms with van der Waals surface area (Å²) >= 11 is 12.0. The number of carbonyl (C=O) groups is 1. The smallest absolute Gasteiger partial charge is 0.264 e. The number of hydrogen-bond acceptors (Lipinski definition) is 4. The highest BCUT2D eigenvalue weighted by Crippen LogP contribution is 2.30. The highest BCUT2D eigenvalue weighted by molar-refractivity contribution is 6.42. The minimum atomic E-state index is -0.270. The molecule has 2 heterocycles. The first kappa shape index (κ1) is 21.3. The Kier molecular flexibility index (Phi) is 7.34. The molecule has 142 valence electrons. The van der Waals surface area contributed by atoms with Crippen molar-refractivity contribution >= 4 is 47.6 Å². The number of halogens is 3. The fourth-order valence-electron chi connectivity index (χ4n) is 2.70. The average molecular weight is 427 g/mol. The molecule has 1 aliphatic rings. The van der Waals surface area contributed by atoms with Crippen molar-refractivity contribution in [3.8, 4) is 17.4 Å². The van der Waals surface area contributed by atoms with Crippen molar-refractivity contribution in [3.05, 3.63) is 51.7 Å². The van der Waals surface area contributed by atoms with Crippen LogP contribution >= 0.6 is 35.6 Å². The van der Waals surface area contributed by atoms with Gasteiger partial charge in [-0.15, -0.1) is 12.4 Å². The zero-order valence-electron chi connectivity index (χ0n) is 14.6. The summed E-state index contributed by atoms with van der Waals surface area (Å²) in [6.45, 7) is 2.82. The summed E-state index contributed by atoms with van der Waals surface area (Å²) in [6, 6.07) is 10.6. The third-order valence-electron chi connectivity index (χ3n) is 4.26. The van der Waals surface area contributed by atoms with Gasteiger partial charge in [0.25, 0.3) is 5.91 Å². The average Bonchev–Trinajstić information content (AvgIpc) is 3.10. The van der Waals surface area contributed by atoms with Crippen molar-refractivity contribution in [3.63, 3.8) is 0 Å². The highest BCUT2D eigenvalue weighted by atomic mass is 35.5. The van der Waals surface area contributed by atoms with Gasteiger partial charge in [-0.1, -0.05) is 23.2 Å². The topological polar surface area (TPSA) is 60.5 Å². The van der Waals surface area contributed by atoms with Crippen LogP contribution in [0.15, 0.2) is 40.3 Å². The Hall–Kier alpha value is -1.97. The van der Waals surface area contributed by atoms with E-state index in [0.29, 0.717) is 34.7 Å². The summed E-state index contributed by atoms with van der Waals surface area (Å²) in [5, 5.41) is 10.3. The Morgan fingerprint density at radius 3 is 2.48 bits per heavy atom. The Labute approximate surface area is 174 Å². The van der Waals surface area contributed by atoms with E-state index < -0.39 is 0 Å². The van der Waals surface area contributed by atoms with Crippen molar-refractivity contribution in [2.75, 3.05) is 33.2 Å². The van der Waals surface area contributed by atoms with Crippen molar-refractivity contribution in [2.45, 2.75) is 0 Å². The molecule has 0 N–H and O–H groups in total. The number of hydrogen-bond donors (Lipinski definition) is 0. The number of benzene rings is 1. The summed E-state index contributed by atoms with van der Waals surface area (Å²) in [4.78, 5) is 16.4. The molecule has 27 heavy (non-hydrogen) atoms. The molecule has 1 amide bonds. The number of rotatable bonds is 3. The second kappa shape index (κ2) is 9.29. The van der Waals surface area contributed by atoms with Gasteiger partial charge in [-0.05, 0) is 37.4 Å². The predicted molar refractivity (Wildman–Crippen MR) is 109 cm³/mol. The molecule has 0 bridgehead atoms. The SMILES string of the molecule is CN1CCN(C(=O)/C(C#N)=C/c2ccc(-c3ccc(Cl)c(Cl)c3)o2)CC1.Cl. The first-order valence-corrected chi connectivity index (χ1v) is 8.88. The first-order chi connectivity index (χ1) is 12.5. The molecule has 0 spiro atoms. The zero-order valence-corrected chi connectivity index (χ0v) is 16.9. The summed E-state index contributed by atoms with van der Waals surface area (Å²) in [6.07, 6.45) is 1.47. The Balaban J connectivity index is 0.00000261. The van der Waals surface area contributed by atoms with Crippen LogP contribution < -0.4 is 0 Å². The van der Waals surface area contributed by atoms with Crippen LogP contribution in [0.2, 0.25) is 10.0 Å². The van der Waals surface area contributed by atoms with Gasteiger partial charge in [-0.25, -0.2) is 0 Å². The monoisotopic (exact) mass is 425 g/mol. The number of carbonyl (C=O) groups excluding carboxylic acids is 1. The van der Waals surface area contributed by atoms with Crippen molar-refractivity contribution in [1.29, 1.82) is 5.26 Å². The largest absolute Gasteiger partial charge is 0.457 e. The lowest BCUT2D eigenvalue weighted by atomic mass is 10.2. The van der Waals surface area contributed by atoms with Gasteiger partial charge in [-0.3, -0.25) is 4.79 Å². The molecule has 1 aromatic heterocycles. The van der Waals surface area contributed by atoms with Gasteiger partial charge in [0.1, 0.15) is 23.2 Å². The normalized spacial score (nSPS) is 15.2. The van der Waals surface area contributed by atoms with Crippen LogP contribution in [0.4, 0.5) is 0 Å². The molecule has 1 saturated heterocycles. The number of piperazine rings is 1. The molecule has 5 nitrogen and oxygen atoms in total. The zero-order chi connectivity index (χ0) is 18.7. The van der Waals surface area contributed by atoms with E-state index in [1.165, 1.54) is 6.08 Å². The standard InChI is InChI=1S/C19H17Cl2N3O2.ClH/c1-23-6-8-24(9-7-23)19(25)14(12-22)10-15-3-5-18(26-15)13-2-4-16(20)17(21)11-13;/h2-5,10-11H,6-9H2,1H3;1H/b14-10+;. The van der Waals surface area contributed by atoms with Crippen LogP contribution in [0.25, 0.3) is 17.4 Å². The summed E-state index contributed by atoms with van der Waals surface area (Å²) in [7, 11) is 2.01. The van der Waals surface area contributed by atoms with E-state index in [-0.39, 0.29) is 23.9 Å². The number of amides is 1. The van der Waals surface area contributed by atoms with Crippen molar-refractivity contribution in [1.82, 2.24) is 9.80 Å². The van der Waals surface area contributed by atoms with Crippen molar-refractivity contribution < 1.29 is 9.21 Å². The quantitative estimate of drug-likeness (QED) is 0.540. The van der Waals surface area contributed by atoms with Crippen molar-refractivity contribution in [2.24, 2.45) is 0 Å². The molecule has 0 aliphatic carbocycles. The van der Waals surface area contributed by atoms with Gasteiger partial charge in [0.15, 0.2) is 0 Å². The van der Waals surface area contributed by atoms with Gasteiger partial charge >= 0.3 is 0 Å². The van der Waals surface area contributed by atoms with E-state index in [2.05, 4.69) is 4.90 Å². The molecule has 1 aliphatic heterocycles. The van der Waals surface area contributed by atoms with E-state index in [0.717, 1.165) is 18.7 Å². The van der Waals surface area contributed by atoms with Crippen LogP contribution in [-0.4, -0.2) is 48.9 Å². The maximum absolute atomic E-state index is 12.5. The molecule has 0 saturated carbocycles. The lowest BCUT2D eigenvalue weighted by Crippen LogP contribution is -2.47.